The standard InChI is InChI=1S/C14H28O2/c1-7-9-12(10-8-2)11(3)16-13(15)14(4,5)6/h11-12H,7-10H2,1-6H3. The second-order valence-corrected chi connectivity index (χ2v) is 5.70. The normalized spacial score (nSPS) is 13.9. The SMILES string of the molecule is CCCC(CCC)C(C)OC(=O)C(C)(C)C. The fraction of sp³-hybridized carbons (Fsp3) is 0.929. The minimum absolute atomic E-state index is 0.0478. The van der Waals surface area contributed by atoms with E-state index in [0.29, 0.717) is 5.92 Å². The molecule has 0 heterocycles. The Bertz CT molecular complexity index is 197. The van der Waals surface area contributed by atoms with Gasteiger partial charge in [-0.3, -0.25) is 4.79 Å². The molecule has 0 fully saturated rings. The van der Waals surface area contributed by atoms with Crippen LogP contribution in [0, 0.1) is 11.3 Å². The summed E-state index contributed by atoms with van der Waals surface area (Å²) >= 11 is 0. The lowest BCUT2D eigenvalue weighted by Gasteiger charge is -2.26. The number of ether oxygens (including phenoxy) is 1. The third kappa shape index (κ3) is 5.53. The van der Waals surface area contributed by atoms with E-state index >= 15 is 0 Å². The summed E-state index contributed by atoms with van der Waals surface area (Å²) in [6.45, 7) is 12.1. The average Bonchev–Trinajstić information content (AvgIpc) is 2.15. The molecule has 0 aromatic heterocycles. The summed E-state index contributed by atoms with van der Waals surface area (Å²) in [4.78, 5) is 11.8. The molecule has 2 heteroatoms. The Balaban J connectivity index is 4.29. The fourth-order valence-electron chi connectivity index (χ4n) is 1.80. The minimum Gasteiger partial charge on any atom is -0.462 e. The van der Waals surface area contributed by atoms with Crippen LogP contribution in [0.1, 0.15) is 67.2 Å². The Morgan fingerprint density at radius 2 is 1.56 bits per heavy atom. The van der Waals surface area contributed by atoms with Gasteiger partial charge in [0.2, 0.25) is 0 Å². The summed E-state index contributed by atoms with van der Waals surface area (Å²) in [7, 11) is 0. The van der Waals surface area contributed by atoms with Crippen molar-refractivity contribution in [3.63, 3.8) is 0 Å². The summed E-state index contributed by atoms with van der Waals surface area (Å²) in [6, 6.07) is 0. The van der Waals surface area contributed by atoms with E-state index in [4.69, 9.17) is 4.74 Å². The highest BCUT2D eigenvalue weighted by Gasteiger charge is 2.27. The zero-order valence-electron chi connectivity index (χ0n) is 11.8. The van der Waals surface area contributed by atoms with E-state index in [1.54, 1.807) is 0 Å². The Morgan fingerprint density at radius 1 is 1.12 bits per heavy atom. The molecule has 16 heavy (non-hydrogen) atoms. The van der Waals surface area contributed by atoms with Crippen molar-refractivity contribution in [2.75, 3.05) is 0 Å². The highest BCUT2D eigenvalue weighted by Crippen LogP contribution is 2.23. The summed E-state index contributed by atoms with van der Waals surface area (Å²) in [5.74, 6) is 0.429. The van der Waals surface area contributed by atoms with Crippen molar-refractivity contribution in [1.82, 2.24) is 0 Å². The van der Waals surface area contributed by atoms with Crippen molar-refractivity contribution in [2.24, 2.45) is 11.3 Å². The summed E-state index contributed by atoms with van der Waals surface area (Å²) in [5.41, 5.74) is -0.392. The van der Waals surface area contributed by atoms with Crippen molar-refractivity contribution >= 4 is 5.97 Å². The van der Waals surface area contributed by atoms with Gasteiger partial charge in [0.05, 0.1) is 5.41 Å². The predicted molar refractivity (Wildman–Crippen MR) is 68.3 cm³/mol. The number of hydrogen-bond donors (Lipinski definition) is 0. The molecule has 0 radical (unpaired) electrons. The number of carbonyl (C=O) groups is 1. The smallest absolute Gasteiger partial charge is 0.311 e. The monoisotopic (exact) mass is 228 g/mol. The average molecular weight is 228 g/mol. The third-order valence-corrected chi connectivity index (χ3v) is 2.89. The van der Waals surface area contributed by atoms with E-state index in [1.165, 1.54) is 0 Å². The molecule has 0 N–H and O–H groups in total. The Kier molecular flexibility index (Phi) is 6.70. The molecule has 0 spiro atoms. The molecule has 96 valence electrons. The van der Waals surface area contributed by atoms with Gasteiger partial charge in [-0.15, -0.1) is 0 Å². The van der Waals surface area contributed by atoms with Crippen molar-refractivity contribution in [3.8, 4) is 0 Å². The van der Waals surface area contributed by atoms with Crippen LogP contribution in [-0.4, -0.2) is 12.1 Å². The summed E-state index contributed by atoms with van der Waals surface area (Å²) in [5, 5.41) is 0. The maximum absolute atomic E-state index is 11.8. The van der Waals surface area contributed by atoms with Crippen LogP contribution in [0.2, 0.25) is 0 Å². The topological polar surface area (TPSA) is 26.3 Å². The first-order valence-corrected chi connectivity index (χ1v) is 6.54. The molecule has 0 rings (SSSR count). The molecule has 0 aliphatic rings. The molecule has 0 saturated heterocycles. The fourth-order valence-corrected chi connectivity index (χ4v) is 1.80. The van der Waals surface area contributed by atoms with Gasteiger partial charge in [-0.05, 0) is 46.5 Å². The van der Waals surface area contributed by atoms with Crippen molar-refractivity contribution in [3.05, 3.63) is 0 Å². The van der Waals surface area contributed by atoms with Crippen molar-refractivity contribution < 1.29 is 9.53 Å². The van der Waals surface area contributed by atoms with Gasteiger partial charge < -0.3 is 4.74 Å². The second kappa shape index (κ2) is 6.93. The number of carbonyl (C=O) groups excluding carboxylic acids is 1. The first kappa shape index (κ1) is 15.5. The van der Waals surface area contributed by atoms with Crippen LogP contribution >= 0.6 is 0 Å². The Morgan fingerprint density at radius 3 is 1.88 bits per heavy atom. The van der Waals surface area contributed by atoms with Crippen LogP contribution in [0.5, 0.6) is 0 Å². The van der Waals surface area contributed by atoms with Crippen LogP contribution in [0.15, 0.2) is 0 Å². The number of hydrogen-bond acceptors (Lipinski definition) is 2. The van der Waals surface area contributed by atoms with E-state index in [1.807, 2.05) is 27.7 Å². The molecule has 0 amide bonds. The van der Waals surface area contributed by atoms with Gasteiger partial charge in [-0.25, -0.2) is 0 Å². The molecule has 1 unspecified atom stereocenters. The predicted octanol–water partition coefficient (Wildman–Crippen LogP) is 4.18. The molecule has 0 aliphatic carbocycles. The van der Waals surface area contributed by atoms with Gasteiger partial charge in [-0.2, -0.15) is 0 Å². The van der Waals surface area contributed by atoms with E-state index < -0.39 is 5.41 Å². The van der Waals surface area contributed by atoms with Crippen LogP contribution in [0.3, 0.4) is 0 Å². The molecule has 0 aromatic carbocycles. The maximum atomic E-state index is 11.8. The highest BCUT2D eigenvalue weighted by molar-refractivity contribution is 5.75. The van der Waals surface area contributed by atoms with Gasteiger partial charge in [0.15, 0.2) is 0 Å². The second-order valence-electron chi connectivity index (χ2n) is 5.70. The molecular formula is C14H28O2. The Hall–Kier alpha value is -0.530. The first-order valence-electron chi connectivity index (χ1n) is 6.54. The van der Waals surface area contributed by atoms with Crippen LogP contribution in [0.25, 0.3) is 0 Å². The van der Waals surface area contributed by atoms with Gasteiger partial charge in [0.25, 0.3) is 0 Å². The first-order chi connectivity index (χ1) is 7.32. The molecule has 0 aliphatic heterocycles. The van der Waals surface area contributed by atoms with Gasteiger partial charge >= 0.3 is 5.97 Å². The molecule has 2 nitrogen and oxygen atoms in total. The van der Waals surface area contributed by atoms with E-state index in [-0.39, 0.29) is 12.1 Å². The molecular weight excluding hydrogens is 200 g/mol. The molecule has 0 aromatic rings. The third-order valence-electron chi connectivity index (χ3n) is 2.89. The number of rotatable bonds is 6. The number of esters is 1. The van der Waals surface area contributed by atoms with Crippen LogP contribution in [-0.2, 0) is 9.53 Å². The molecule has 0 saturated carbocycles. The largest absolute Gasteiger partial charge is 0.462 e. The lowest BCUT2D eigenvalue weighted by Crippen LogP contribution is -2.31. The maximum Gasteiger partial charge on any atom is 0.311 e. The van der Waals surface area contributed by atoms with Gasteiger partial charge in [-0.1, -0.05) is 26.7 Å². The lowest BCUT2D eigenvalue weighted by molar-refractivity contribution is -0.160. The molecule has 1 atom stereocenters. The van der Waals surface area contributed by atoms with E-state index in [0.717, 1.165) is 25.7 Å². The highest BCUT2D eigenvalue weighted by atomic mass is 16.5. The van der Waals surface area contributed by atoms with Gasteiger partial charge in [0, 0.05) is 0 Å². The Labute approximate surface area is 101 Å². The van der Waals surface area contributed by atoms with Gasteiger partial charge in [0.1, 0.15) is 6.10 Å². The van der Waals surface area contributed by atoms with E-state index in [9.17, 15) is 4.79 Å². The minimum atomic E-state index is -0.392. The zero-order valence-corrected chi connectivity index (χ0v) is 11.8. The van der Waals surface area contributed by atoms with Crippen LogP contribution < -0.4 is 0 Å². The van der Waals surface area contributed by atoms with Crippen LogP contribution in [0.4, 0.5) is 0 Å². The summed E-state index contributed by atoms with van der Waals surface area (Å²) in [6.07, 6.45) is 4.65. The van der Waals surface area contributed by atoms with Crippen molar-refractivity contribution in [1.29, 1.82) is 0 Å². The van der Waals surface area contributed by atoms with E-state index in [2.05, 4.69) is 13.8 Å². The zero-order chi connectivity index (χ0) is 12.8. The lowest BCUT2D eigenvalue weighted by atomic mass is 9.92. The molecule has 0 bridgehead atoms. The van der Waals surface area contributed by atoms with Crippen molar-refractivity contribution in [2.45, 2.75) is 73.3 Å². The summed E-state index contributed by atoms with van der Waals surface area (Å²) < 4.78 is 5.54. The quantitative estimate of drug-likeness (QED) is 0.637.